The van der Waals surface area contributed by atoms with E-state index in [2.05, 4.69) is 14.7 Å². The van der Waals surface area contributed by atoms with Crippen LogP contribution in [0.25, 0.3) is 11.0 Å². The van der Waals surface area contributed by atoms with Gasteiger partial charge in [-0.15, -0.1) is 11.3 Å². The first-order chi connectivity index (χ1) is 10.2. The number of hydrogen-bond donors (Lipinski definition) is 2. The molecule has 2 heterocycles. The molecule has 1 aromatic carbocycles. The Morgan fingerprint density at radius 1 is 1.33 bits per heavy atom. The molecule has 0 saturated carbocycles. The number of fused-ring (bicyclic) bond motifs is 1. The van der Waals surface area contributed by atoms with Gasteiger partial charge >= 0.3 is 0 Å². The van der Waals surface area contributed by atoms with Crippen molar-refractivity contribution in [3.05, 3.63) is 51.4 Å². The molecule has 3 aromatic rings. The van der Waals surface area contributed by atoms with Crippen LogP contribution in [-0.4, -0.2) is 20.6 Å². The van der Waals surface area contributed by atoms with Crippen LogP contribution in [0.4, 0.5) is 0 Å². The number of imidazole rings is 1. The van der Waals surface area contributed by atoms with E-state index < -0.39 is 0 Å². The van der Waals surface area contributed by atoms with Gasteiger partial charge in [-0.2, -0.15) is 0 Å². The quantitative estimate of drug-likeness (QED) is 0.336. The maximum Gasteiger partial charge on any atom is 0.146 e. The first kappa shape index (κ1) is 13.9. The summed E-state index contributed by atoms with van der Waals surface area (Å²) in [5.74, 6) is 0.895. The highest BCUT2D eigenvalue weighted by Crippen LogP contribution is 2.25. The zero-order valence-electron chi connectivity index (χ0n) is 11.0. The van der Waals surface area contributed by atoms with Crippen LogP contribution in [0.3, 0.4) is 0 Å². The van der Waals surface area contributed by atoms with Gasteiger partial charge in [-0.05, 0) is 24.3 Å². The Morgan fingerprint density at radius 2 is 2.14 bits per heavy atom. The predicted molar refractivity (Wildman–Crippen MR) is 85.3 cm³/mol. The number of hydrogen-bond acceptors (Lipinski definition) is 4. The summed E-state index contributed by atoms with van der Waals surface area (Å²) in [5.41, 5.74) is 7.53. The van der Waals surface area contributed by atoms with Crippen molar-refractivity contribution in [3.63, 3.8) is 0 Å². The van der Waals surface area contributed by atoms with Gasteiger partial charge in [0.05, 0.1) is 28.3 Å². The summed E-state index contributed by atoms with van der Waals surface area (Å²) < 4.78 is 2.82. The number of benzene rings is 1. The molecule has 0 spiro atoms. The maximum atomic E-state index is 8.77. The largest absolute Gasteiger partial charge is 0.409 e. The van der Waals surface area contributed by atoms with E-state index in [1.165, 1.54) is 11.3 Å². The fraction of sp³-hybridized carbons (Fsp3) is 0.143. The smallest absolute Gasteiger partial charge is 0.146 e. The third-order valence-electron chi connectivity index (χ3n) is 3.14. The zero-order chi connectivity index (χ0) is 14.8. The molecule has 3 N–H and O–H groups in total. The van der Waals surface area contributed by atoms with Crippen LogP contribution in [0.1, 0.15) is 10.7 Å². The Bertz CT molecular complexity index is 808. The molecular formula is C14H13ClN4OS. The molecule has 5 nitrogen and oxygen atoms in total. The molecule has 0 unspecified atom stereocenters. The standard InChI is InChI=1S/C14H13ClN4OS/c15-12-6-5-9(21-12)8-19-11-4-2-1-3-10(11)17-14(19)7-13(16)18-20/h1-6,20H,7-8H2,(H2,16,18). The summed E-state index contributed by atoms with van der Waals surface area (Å²) >= 11 is 7.52. The van der Waals surface area contributed by atoms with Gasteiger partial charge in [0.1, 0.15) is 11.7 Å². The van der Waals surface area contributed by atoms with Crippen molar-refractivity contribution in [2.45, 2.75) is 13.0 Å². The van der Waals surface area contributed by atoms with E-state index >= 15 is 0 Å². The van der Waals surface area contributed by atoms with Crippen LogP contribution in [-0.2, 0) is 13.0 Å². The van der Waals surface area contributed by atoms with Gasteiger partial charge < -0.3 is 15.5 Å². The first-order valence-electron chi connectivity index (χ1n) is 6.32. The molecule has 3 rings (SSSR count). The number of aromatic nitrogens is 2. The fourth-order valence-electron chi connectivity index (χ4n) is 2.23. The summed E-state index contributed by atoms with van der Waals surface area (Å²) in [5, 5.41) is 11.8. The van der Waals surface area contributed by atoms with Crippen LogP contribution in [0.2, 0.25) is 4.34 Å². The lowest BCUT2D eigenvalue weighted by atomic mass is 10.3. The van der Waals surface area contributed by atoms with Gasteiger partial charge in [-0.1, -0.05) is 28.9 Å². The molecule has 0 saturated heterocycles. The minimum atomic E-state index is 0.135. The second-order valence-electron chi connectivity index (χ2n) is 4.58. The van der Waals surface area contributed by atoms with Crippen molar-refractivity contribution in [2.75, 3.05) is 0 Å². The fourth-order valence-corrected chi connectivity index (χ4v) is 3.30. The lowest BCUT2D eigenvalue weighted by Crippen LogP contribution is -2.18. The van der Waals surface area contributed by atoms with E-state index in [1.54, 1.807) is 0 Å². The highest BCUT2D eigenvalue weighted by Gasteiger charge is 2.13. The molecule has 0 aliphatic rings. The number of amidine groups is 1. The average molecular weight is 321 g/mol. The van der Waals surface area contributed by atoms with Gasteiger partial charge in [0.2, 0.25) is 0 Å². The van der Waals surface area contributed by atoms with Crippen LogP contribution in [0.5, 0.6) is 0 Å². The average Bonchev–Trinajstić information content (AvgIpc) is 3.04. The predicted octanol–water partition coefficient (Wildman–Crippen LogP) is 3.09. The monoisotopic (exact) mass is 320 g/mol. The van der Waals surface area contributed by atoms with Crippen molar-refractivity contribution < 1.29 is 5.21 Å². The van der Waals surface area contributed by atoms with Crippen molar-refractivity contribution in [1.82, 2.24) is 9.55 Å². The number of thiophene rings is 1. The number of oxime groups is 1. The Hall–Kier alpha value is -2.05. The Balaban J connectivity index is 2.06. The third-order valence-corrected chi connectivity index (χ3v) is 4.36. The minimum absolute atomic E-state index is 0.135. The van der Waals surface area contributed by atoms with Gasteiger partial charge in [-0.3, -0.25) is 0 Å². The molecule has 0 bridgehead atoms. The molecule has 0 atom stereocenters. The summed E-state index contributed by atoms with van der Waals surface area (Å²) in [6.07, 6.45) is 0.296. The minimum Gasteiger partial charge on any atom is -0.409 e. The van der Waals surface area contributed by atoms with E-state index in [0.717, 1.165) is 26.1 Å². The maximum absolute atomic E-state index is 8.77. The van der Waals surface area contributed by atoms with Crippen molar-refractivity contribution in [2.24, 2.45) is 10.9 Å². The SMILES string of the molecule is NC(Cc1nc2ccccc2n1Cc1ccc(Cl)s1)=NO. The summed E-state index contributed by atoms with van der Waals surface area (Å²) in [6, 6.07) is 11.7. The van der Waals surface area contributed by atoms with Gasteiger partial charge in [0, 0.05) is 4.88 Å². The second kappa shape index (κ2) is 5.75. The van der Waals surface area contributed by atoms with Crippen molar-refractivity contribution in [1.29, 1.82) is 0 Å². The van der Waals surface area contributed by atoms with Gasteiger partial charge in [0.25, 0.3) is 0 Å². The zero-order valence-corrected chi connectivity index (χ0v) is 12.6. The normalized spacial score (nSPS) is 12.1. The lowest BCUT2D eigenvalue weighted by Gasteiger charge is -2.07. The summed E-state index contributed by atoms with van der Waals surface area (Å²) in [6.45, 7) is 0.659. The highest BCUT2D eigenvalue weighted by atomic mass is 35.5. The molecule has 7 heteroatoms. The van der Waals surface area contributed by atoms with E-state index in [1.807, 2.05) is 36.4 Å². The van der Waals surface area contributed by atoms with E-state index in [0.29, 0.717) is 13.0 Å². The molecule has 0 aliphatic carbocycles. The molecule has 2 aromatic heterocycles. The van der Waals surface area contributed by atoms with Gasteiger partial charge in [0.15, 0.2) is 0 Å². The molecule has 0 radical (unpaired) electrons. The molecule has 0 aliphatic heterocycles. The van der Waals surface area contributed by atoms with Crippen LogP contribution in [0, 0.1) is 0 Å². The van der Waals surface area contributed by atoms with Crippen LogP contribution < -0.4 is 5.73 Å². The molecule has 0 fully saturated rings. The van der Waals surface area contributed by atoms with Crippen LogP contribution >= 0.6 is 22.9 Å². The van der Waals surface area contributed by atoms with E-state index in [4.69, 9.17) is 22.5 Å². The second-order valence-corrected chi connectivity index (χ2v) is 6.38. The summed E-state index contributed by atoms with van der Waals surface area (Å²) in [7, 11) is 0. The Kier molecular flexibility index (Phi) is 3.81. The molecule has 21 heavy (non-hydrogen) atoms. The summed E-state index contributed by atoms with van der Waals surface area (Å²) in [4.78, 5) is 5.69. The Labute approximate surface area is 130 Å². The number of halogens is 1. The topological polar surface area (TPSA) is 76.4 Å². The Morgan fingerprint density at radius 3 is 2.86 bits per heavy atom. The van der Waals surface area contributed by atoms with Crippen molar-refractivity contribution in [3.8, 4) is 0 Å². The molecule has 108 valence electrons. The number of para-hydroxylation sites is 2. The third kappa shape index (κ3) is 2.86. The number of nitrogens with two attached hydrogens (primary N) is 1. The van der Waals surface area contributed by atoms with Crippen LogP contribution in [0.15, 0.2) is 41.6 Å². The first-order valence-corrected chi connectivity index (χ1v) is 7.51. The molecule has 0 amide bonds. The van der Waals surface area contributed by atoms with Crippen molar-refractivity contribution >= 4 is 39.8 Å². The highest BCUT2D eigenvalue weighted by molar-refractivity contribution is 7.16. The lowest BCUT2D eigenvalue weighted by molar-refractivity contribution is 0.317. The van der Waals surface area contributed by atoms with Gasteiger partial charge in [-0.25, -0.2) is 4.98 Å². The van der Waals surface area contributed by atoms with E-state index in [9.17, 15) is 0 Å². The number of nitrogens with zero attached hydrogens (tertiary/aromatic N) is 3. The molecular weight excluding hydrogens is 308 g/mol. The number of rotatable bonds is 4. The van der Waals surface area contributed by atoms with E-state index in [-0.39, 0.29) is 5.84 Å².